The van der Waals surface area contributed by atoms with Crippen LogP contribution in [0, 0.1) is 0 Å². The predicted octanol–water partition coefficient (Wildman–Crippen LogP) is 3.00. The van der Waals surface area contributed by atoms with E-state index in [4.69, 9.17) is 10.5 Å². The van der Waals surface area contributed by atoms with Gasteiger partial charge in [0.15, 0.2) is 0 Å². The van der Waals surface area contributed by atoms with E-state index in [9.17, 15) is 4.79 Å². The summed E-state index contributed by atoms with van der Waals surface area (Å²) < 4.78 is 5.16. The van der Waals surface area contributed by atoms with E-state index in [0.717, 1.165) is 0 Å². The largest absolute Gasteiger partial charge is 0.495 e. The van der Waals surface area contributed by atoms with Crippen LogP contribution in [0.25, 0.3) is 0 Å². The first-order valence-corrected chi connectivity index (χ1v) is 7.28. The summed E-state index contributed by atoms with van der Waals surface area (Å²) in [6.45, 7) is 3.25. The third-order valence-electron chi connectivity index (χ3n) is 3.08. The number of anilines is 1. The summed E-state index contributed by atoms with van der Waals surface area (Å²) in [5.74, 6) is 0.516. The van der Waals surface area contributed by atoms with Crippen molar-refractivity contribution in [1.82, 2.24) is 4.90 Å². The van der Waals surface area contributed by atoms with Crippen LogP contribution < -0.4 is 10.5 Å². The Kier molecular flexibility index (Phi) is 4.63. The highest BCUT2D eigenvalue weighted by Crippen LogP contribution is 2.23. The molecule has 1 aromatic heterocycles. The van der Waals surface area contributed by atoms with Crippen molar-refractivity contribution in [2.24, 2.45) is 0 Å². The van der Waals surface area contributed by atoms with Crippen LogP contribution in [-0.4, -0.2) is 24.5 Å². The molecule has 0 bridgehead atoms. The Morgan fingerprint density at radius 1 is 1.40 bits per heavy atom. The highest BCUT2D eigenvalue weighted by Gasteiger charge is 2.16. The fourth-order valence-corrected chi connectivity index (χ4v) is 2.66. The topological polar surface area (TPSA) is 55.6 Å². The van der Waals surface area contributed by atoms with Crippen LogP contribution in [0.15, 0.2) is 35.7 Å². The third-order valence-corrected chi connectivity index (χ3v) is 3.94. The minimum absolute atomic E-state index is 0.0146. The van der Waals surface area contributed by atoms with Crippen molar-refractivity contribution in [3.63, 3.8) is 0 Å². The number of benzene rings is 1. The highest BCUT2D eigenvalue weighted by molar-refractivity contribution is 7.09. The number of carbonyl (C=O) groups is 1. The lowest BCUT2D eigenvalue weighted by atomic mass is 10.1. The molecule has 0 unspecified atom stereocenters. The van der Waals surface area contributed by atoms with Crippen LogP contribution in [0.5, 0.6) is 5.75 Å². The molecular weight excluding hydrogens is 272 g/mol. The average molecular weight is 290 g/mol. The Bertz CT molecular complexity index is 582. The van der Waals surface area contributed by atoms with Gasteiger partial charge in [-0.2, -0.15) is 0 Å². The first-order chi connectivity index (χ1) is 9.65. The number of nitrogen functional groups attached to an aromatic ring is 1. The summed E-state index contributed by atoms with van der Waals surface area (Å²) in [4.78, 5) is 15.5. The van der Waals surface area contributed by atoms with Crippen LogP contribution in [-0.2, 0) is 6.54 Å². The zero-order valence-electron chi connectivity index (χ0n) is 11.6. The number of ether oxygens (including phenoxy) is 1. The molecule has 0 aliphatic carbocycles. The molecule has 1 aromatic carbocycles. The van der Waals surface area contributed by atoms with Crippen molar-refractivity contribution >= 4 is 22.9 Å². The molecule has 0 aliphatic rings. The standard InChI is InChI=1S/C15H18N2O2S/c1-3-17(10-12-5-4-8-20-12)15(18)11-6-7-13(16)14(9-11)19-2/h4-9H,3,10,16H2,1-2H3. The molecule has 0 aliphatic heterocycles. The Hall–Kier alpha value is -2.01. The fraction of sp³-hybridized carbons (Fsp3) is 0.267. The van der Waals surface area contributed by atoms with E-state index < -0.39 is 0 Å². The number of nitrogens with two attached hydrogens (primary N) is 1. The lowest BCUT2D eigenvalue weighted by Gasteiger charge is -2.20. The number of hydrogen-bond donors (Lipinski definition) is 1. The lowest BCUT2D eigenvalue weighted by molar-refractivity contribution is 0.0754. The van der Waals surface area contributed by atoms with Gasteiger partial charge in [0.05, 0.1) is 19.3 Å². The van der Waals surface area contributed by atoms with Gasteiger partial charge in [0.2, 0.25) is 0 Å². The molecule has 0 saturated carbocycles. The number of carbonyl (C=O) groups excluding carboxylic acids is 1. The van der Waals surface area contributed by atoms with Crippen molar-refractivity contribution in [2.75, 3.05) is 19.4 Å². The second-order valence-electron chi connectivity index (χ2n) is 4.36. The van der Waals surface area contributed by atoms with Crippen LogP contribution in [0.4, 0.5) is 5.69 Å². The van der Waals surface area contributed by atoms with Crippen LogP contribution in [0.1, 0.15) is 22.2 Å². The predicted molar refractivity (Wildman–Crippen MR) is 82.1 cm³/mol. The van der Waals surface area contributed by atoms with Crippen LogP contribution in [0.3, 0.4) is 0 Å². The SMILES string of the molecule is CCN(Cc1cccs1)C(=O)c1ccc(N)c(OC)c1. The summed E-state index contributed by atoms with van der Waals surface area (Å²) in [5, 5.41) is 2.01. The molecule has 0 fully saturated rings. The minimum Gasteiger partial charge on any atom is -0.495 e. The number of hydrogen-bond acceptors (Lipinski definition) is 4. The van der Waals surface area contributed by atoms with Crippen molar-refractivity contribution in [2.45, 2.75) is 13.5 Å². The molecule has 0 radical (unpaired) electrons. The molecule has 2 aromatic rings. The second kappa shape index (κ2) is 6.43. The first kappa shape index (κ1) is 14.4. The van der Waals surface area contributed by atoms with Gasteiger partial charge in [-0.1, -0.05) is 6.07 Å². The average Bonchev–Trinajstić information content (AvgIpc) is 2.97. The quantitative estimate of drug-likeness (QED) is 0.861. The zero-order valence-corrected chi connectivity index (χ0v) is 12.4. The maximum absolute atomic E-state index is 12.5. The molecule has 2 rings (SSSR count). The summed E-state index contributed by atoms with van der Waals surface area (Å²) in [7, 11) is 1.54. The molecule has 0 atom stereocenters. The maximum atomic E-state index is 12.5. The van der Waals surface area contributed by atoms with Gasteiger partial charge >= 0.3 is 0 Å². The van der Waals surface area contributed by atoms with Crippen LogP contribution in [0.2, 0.25) is 0 Å². The Balaban J connectivity index is 2.19. The molecular formula is C15H18N2O2S. The second-order valence-corrected chi connectivity index (χ2v) is 5.39. The van der Waals surface area contributed by atoms with E-state index in [1.165, 1.54) is 4.88 Å². The smallest absolute Gasteiger partial charge is 0.254 e. The van der Waals surface area contributed by atoms with Gasteiger partial charge in [-0.3, -0.25) is 4.79 Å². The molecule has 20 heavy (non-hydrogen) atoms. The van der Waals surface area contributed by atoms with Gasteiger partial charge in [0.1, 0.15) is 5.75 Å². The van der Waals surface area contributed by atoms with Gasteiger partial charge in [-0.25, -0.2) is 0 Å². The highest BCUT2D eigenvalue weighted by atomic mass is 32.1. The summed E-state index contributed by atoms with van der Waals surface area (Å²) in [6, 6.07) is 9.14. The van der Waals surface area contributed by atoms with E-state index in [2.05, 4.69) is 0 Å². The van der Waals surface area contributed by atoms with Crippen LogP contribution >= 0.6 is 11.3 Å². The van der Waals surface area contributed by atoms with Gasteiger partial charge in [0, 0.05) is 17.0 Å². The van der Waals surface area contributed by atoms with Gasteiger partial charge < -0.3 is 15.4 Å². The number of thiophene rings is 1. The molecule has 2 N–H and O–H groups in total. The molecule has 1 amide bonds. The molecule has 106 valence electrons. The number of methoxy groups -OCH3 is 1. The monoisotopic (exact) mass is 290 g/mol. The Labute approximate surface area is 122 Å². The fourth-order valence-electron chi connectivity index (χ4n) is 1.94. The molecule has 4 nitrogen and oxygen atoms in total. The van der Waals surface area contributed by atoms with E-state index in [1.54, 1.807) is 41.5 Å². The molecule has 5 heteroatoms. The van der Waals surface area contributed by atoms with Crippen molar-refractivity contribution in [3.8, 4) is 5.75 Å². The Morgan fingerprint density at radius 3 is 2.80 bits per heavy atom. The zero-order chi connectivity index (χ0) is 14.5. The number of amides is 1. The first-order valence-electron chi connectivity index (χ1n) is 6.41. The molecule has 0 saturated heterocycles. The lowest BCUT2D eigenvalue weighted by Crippen LogP contribution is -2.30. The van der Waals surface area contributed by atoms with E-state index >= 15 is 0 Å². The van der Waals surface area contributed by atoms with Crippen molar-refractivity contribution in [3.05, 3.63) is 46.2 Å². The number of nitrogens with zero attached hydrogens (tertiary/aromatic N) is 1. The van der Waals surface area contributed by atoms with E-state index in [-0.39, 0.29) is 5.91 Å². The maximum Gasteiger partial charge on any atom is 0.254 e. The molecule has 0 spiro atoms. The summed E-state index contributed by atoms with van der Waals surface area (Å²) in [6.07, 6.45) is 0. The van der Waals surface area contributed by atoms with Gasteiger partial charge in [0.25, 0.3) is 5.91 Å². The van der Waals surface area contributed by atoms with E-state index in [0.29, 0.717) is 30.1 Å². The Morgan fingerprint density at radius 2 is 2.20 bits per heavy atom. The van der Waals surface area contributed by atoms with E-state index in [1.807, 2.05) is 24.4 Å². The third kappa shape index (κ3) is 3.11. The minimum atomic E-state index is -0.0146. The normalized spacial score (nSPS) is 10.3. The van der Waals surface area contributed by atoms with Crippen molar-refractivity contribution < 1.29 is 9.53 Å². The summed E-state index contributed by atoms with van der Waals surface area (Å²) >= 11 is 1.65. The molecule has 1 heterocycles. The van der Waals surface area contributed by atoms with Gasteiger partial charge in [-0.15, -0.1) is 11.3 Å². The van der Waals surface area contributed by atoms with Gasteiger partial charge in [-0.05, 0) is 36.6 Å². The van der Waals surface area contributed by atoms with Crippen molar-refractivity contribution in [1.29, 1.82) is 0 Å². The number of rotatable bonds is 5. The summed E-state index contributed by atoms with van der Waals surface area (Å²) in [5.41, 5.74) is 6.89.